The van der Waals surface area contributed by atoms with Crippen molar-refractivity contribution < 1.29 is 94.2 Å². The lowest BCUT2D eigenvalue weighted by molar-refractivity contribution is -0.380. The van der Waals surface area contributed by atoms with Gasteiger partial charge in [-0.3, -0.25) is 9.59 Å². The third-order valence-electron chi connectivity index (χ3n) is 7.87. The molecule has 3 aliphatic heterocycles. The zero-order chi connectivity index (χ0) is 34.7. The third kappa shape index (κ3) is 8.08. The highest BCUT2D eigenvalue weighted by Gasteiger charge is 2.60. The van der Waals surface area contributed by atoms with Gasteiger partial charge in [0.25, 0.3) is 5.79 Å². The molecule has 3 saturated heterocycles. The summed E-state index contributed by atoms with van der Waals surface area (Å²) in [7, 11) is 0. The minimum Gasteiger partial charge on any atom is -0.477 e. The van der Waals surface area contributed by atoms with E-state index in [0.717, 1.165) is 13.8 Å². The SMILES string of the molecule is CC(=O)N[C@H]1[C@H]([C@@H](O)[C@H](O)CO)O[C@@](O[C@H]2[C@@H](O)[C@@H](CO)O[C@@H](O[C@H]3[C@H](O)[C@@H](CO)OC(O)[C@@H]3NC(C)=O)[C@@H]2O)(C(=O)O)C[C@@H]1O. The zero-order valence-electron chi connectivity index (χ0n) is 24.7. The van der Waals surface area contributed by atoms with Crippen LogP contribution in [0.4, 0.5) is 0 Å². The van der Waals surface area contributed by atoms with E-state index in [1.54, 1.807) is 0 Å². The molecule has 3 aliphatic rings. The van der Waals surface area contributed by atoms with Crippen LogP contribution in [0, 0.1) is 0 Å². The molecule has 1 unspecified atom stereocenters. The maximum absolute atomic E-state index is 12.6. The van der Waals surface area contributed by atoms with E-state index in [9.17, 15) is 70.6 Å². The fourth-order valence-electron chi connectivity index (χ4n) is 5.56. The highest BCUT2D eigenvalue weighted by Crippen LogP contribution is 2.38. The molecule has 16 atom stereocenters. The molecule has 3 heterocycles. The van der Waals surface area contributed by atoms with E-state index < -0.39 is 142 Å². The van der Waals surface area contributed by atoms with Gasteiger partial charge in [-0.2, -0.15) is 0 Å². The van der Waals surface area contributed by atoms with Gasteiger partial charge in [0.15, 0.2) is 12.6 Å². The highest BCUT2D eigenvalue weighted by molar-refractivity contribution is 5.76. The second kappa shape index (κ2) is 15.8. The number of rotatable bonds is 12. The van der Waals surface area contributed by atoms with Crippen molar-refractivity contribution in [3.8, 4) is 0 Å². The van der Waals surface area contributed by atoms with E-state index in [1.165, 1.54) is 0 Å². The summed E-state index contributed by atoms with van der Waals surface area (Å²) in [6, 6.07) is -3.08. The van der Waals surface area contributed by atoms with Crippen molar-refractivity contribution in [3.63, 3.8) is 0 Å². The van der Waals surface area contributed by atoms with Gasteiger partial charge >= 0.3 is 5.97 Å². The topological polar surface area (TPSA) is 344 Å². The number of carbonyl (C=O) groups excluding carboxylic acids is 2. The van der Waals surface area contributed by atoms with Crippen LogP contribution in [-0.4, -0.2) is 191 Å². The minimum atomic E-state index is -3.04. The maximum Gasteiger partial charge on any atom is 0.364 e. The van der Waals surface area contributed by atoms with Crippen LogP contribution in [0.2, 0.25) is 0 Å². The van der Waals surface area contributed by atoms with Gasteiger partial charge in [0, 0.05) is 20.3 Å². The summed E-state index contributed by atoms with van der Waals surface area (Å²) in [6.07, 6.45) is -25.8. The monoisotopic (exact) mass is 674 g/mol. The Labute approximate surface area is 260 Å². The van der Waals surface area contributed by atoms with Crippen molar-refractivity contribution in [2.75, 3.05) is 19.8 Å². The number of carboxylic acids is 1. The number of aliphatic carboxylic acids is 1. The Morgan fingerprint density at radius 1 is 0.848 bits per heavy atom. The number of nitrogens with one attached hydrogen (secondary N) is 2. The molecule has 13 N–H and O–H groups in total. The van der Waals surface area contributed by atoms with Crippen LogP contribution in [-0.2, 0) is 38.1 Å². The Kier molecular flexibility index (Phi) is 13.1. The van der Waals surface area contributed by atoms with E-state index in [2.05, 4.69) is 10.6 Å². The van der Waals surface area contributed by atoms with Crippen LogP contribution in [0.25, 0.3) is 0 Å². The molecule has 2 amide bonds. The van der Waals surface area contributed by atoms with Crippen LogP contribution < -0.4 is 10.6 Å². The van der Waals surface area contributed by atoms with E-state index >= 15 is 0 Å². The first kappa shape index (κ1) is 38.3. The predicted octanol–water partition coefficient (Wildman–Crippen LogP) is -8.08. The number of ether oxygens (including phenoxy) is 5. The van der Waals surface area contributed by atoms with Gasteiger partial charge in [-0.1, -0.05) is 0 Å². The number of carboxylic acid groups (broad SMARTS) is 1. The molecule has 0 bridgehead atoms. The summed E-state index contributed by atoms with van der Waals surface area (Å²) in [4.78, 5) is 36.2. The van der Waals surface area contributed by atoms with Gasteiger partial charge in [0.2, 0.25) is 11.8 Å². The summed E-state index contributed by atoms with van der Waals surface area (Å²) in [6.45, 7) is -0.777. The van der Waals surface area contributed by atoms with Crippen molar-refractivity contribution in [1.29, 1.82) is 0 Å². The summed E-state index contributed by atoms with van der Waals surface area (Å²) < 4.78 is 27.3. The molecule has 0 radical (unpaired) electrons. The van der Waals surface area contributed by atoms with Crippen LogP contribution in [0.15, 0.2) is 0 Å². The first-order chi connectivity index (χ1) is 21.5. The molecule has 3 fully saturated rings. The average Bonchev–Trinajstić information content (AvgIpc) is 2.99. The van der Waals surface area contributed by atoms with E-state index in [1.807, 2.05) is 0 Å². The molecule has 21 nitrogen and oxygen atoms in total. The van der Waals surface area contributed by atoms with Gasteiger partial charge in [0.1, 0.15) is 67.1 Å². The van der Waals surface area contributed by atoms with Crippen LogP contribution in [0.1, 0.15) is 20.3 Å². The van der Waals surface area contributed by atoms with Gasteiger partial charge in [0.05, 0.1) is 32.0 Å². The first-order valence-electron chi connectivity index (χ1n) is 14.2. The Morgan fingerprint density at radius 3 is 1.91 bits per heavy atom. The standard InChI is InChI=1S/C25H42N2O19/c1-7(31)26-13-9(33)3-25(24(40)41,45-20(13)15(35)10(34)4-28)46-21-17(37)12(6-30)43-23(18(21)38)44-19-14(27-8(2)32)22(39)42-11(5-29)16(19)36/h9-23,28-30,33-39H,3-6H2,1-2H3,(H,26,31)(H,27,32)(H,40,41)/t9-,10+,11+,12+,13+,14+,15-,16+,17-,18+,19+,20+,21-,22?,23-,25-/m0/s1. The van der Waals surface area contributed by atoms with Gasteiger partial charge in [-0.05, 0) is 0 Å². The number of amides is 2. The average molecular weight is 675 g/mol. The number of hydrogen-bond donors (Lipinski definition) is 13. The molecular formula is C25H42N2O19. The second-order valence-corrected chi connectivity index (χ2v) is 11.2. The predicted molar refractivity (Wildman–Crippen MR) is 142 cm³/mol. The molecule has 21 heteroatoms. The minimum absolute atomic E-state index is 0.720. The molecular weight excluding hydrogens is 632 g/mol. The van der Waals surface area contributed by atoms with Crippen molar-refractivity contribution in [3.05, 3.63) is 0 Å². The molecule has 0 aliphatic carbocycles. The first-order valence-corrected chi connectivity index (χ1v) is 14.2. The molecule has 46 heavy (non-hydrogen) atoms. The van der Waals surface area contributed by atoms with Gasteiger partial charge in [-0.15, -0.1) is 0 Å². The summed E-state index contributed by atoms with van der Waals surface area (Å²) >= 11 is 0. The van der Waals surface area contributed by atoms with Crippen molar-refractivity contribution in [1.82, 2.24) is 10.6 Å². The highest BCUT2D eigenvalue weighted by atomic mass is 16.8. The third-order valence-corrected chi connectivity index (χ3v) is 7.87. The zero-order valence-corrected chi connectivity index (χ0v) is 24.7. The summed E-state index contributed by atoms with van der Waals surface area (Å²) in [5.41, 5.74) is 0. The Balaban J connectivity index is 1.98. The normalized spacial score (nSPS) is 42.9. The van der Waals surface area contributed by atoms with Crippen molar-refractivity contribution >= 4 is 17.8 Å². The number of hydrogen-bond acceptors (Lipinski definition) is 18. The maximum atomic E-state index is 12.6. The fraction of sp³-hybridized carbons (Fsp3) is 0.880. The van der Waals surface area contributed by atoms with Gasteiger partial charge < -0.3 is 90.5 Å². The Hall–Kier alpha value is -2.19. The van der Waals surface area contributed by atoms with Crippen molar-refractivity contribution in [2.24, 2.45) is 0 Å². The smallest absolute Gasteiger partial charge is 0.364 e. The van der Waals surface area contributed by atoms with Crippen LogP contribution in [0.5, 0.6) is 0 Å². The second-order valence-electron chi connectivity index (χ2n) is 11.2. The molecule has 266 valence electrons. The molecule has 0 aromatic rings. The largest absolute Gasteiger partial charge is 0.477 e. The number of aliphatic hydroxyl groups excluding tert-OH is 10. The van der Waals surface area contributed by atoms with Gasteiger partial charge in [-0.25, -0.2) is 4.79 Å². The molecule has 3 rings (SSSR count). The molecule has 0 spiro atoms. The molecule has 0 aromatic heterocycles. The lowest BCUT2D eigenvalue weighted by atomic mass is 9.88. The fourth-order valence-corrected chi connectivity index (χ4v) is 5.56. The molecule has 0 saturated carbocycles. The van der Waals surface area contributed by atoms with Crippen LogP contribution >= 0.6 is 0 Å². The number of aliphatic hydroxyl groups is 10. The Morgan fingerprint density at radius 2 is 1.39 bits per heavy atom. The van der Waals surface area contributed by atoms with E-state index in [0.29, 0.717) is 0 Å². The number of carbonyl (C=O) groups is 3. The quantitative estimate of drug-likeness (QED) is 0.0913. The summed E-state index contributed by atoms with van der Waals surface area (Å²) in [5.74, 6) is -6.50. The van der Waals surface area contributed by atoms with E-state index in [-0.39, 0.29) is 0 Å². The summed E-state index contributed by atoms with van der Waals surface area (Å²) in [5, 5.41) is 118. The molecule has 0 aromatic carbocycles. The van der Waals surface area contributed by atoms with Crippen LogP contribution in [0.3, 0.4) is 0 Å². The lowest BCUT2D eigenvalue weighted by Crippen LogP contribution is -2.71. The van der Waals surface area contributed by atoms with Crippen molar-refractivity contribution in [2.45, 2.75) is 118 Å². The Bertz CT molecular complexity index is 1050. The van der Waals surface area contributed by atoms with E-state index in [4.69, 9.17) is 23.7 Å². The lowest BCUT2D eigenvalue weighted by Gasteiger charge is -2.50.